The first-order chi connectivity index (χ1) is 4.35. The highest BCUT2D eigenvalue weighted by Gasteiger charge is 2.05. The van der Waals surface area contributed by atoms with Crippen molar-refractivity contribution in [2.45, 2.75) is 36.6 Å². The molecule has 0 aliphatic rings. The maximum Gasteiger partial charge on any atom is 0.261 e. The zero-order valence-electron chi connectivity index (χ0n) is 7.08. The molecule has 0 rings (SSSR count). The first-order valence-electron chi connectivity index (χ1n) is 3.72. The van der Waals surface area contributed by atoms with E-state index >= 15 is 0 Å². The van der Waals surface area contributed by atoms with Crippen LogP contribution in [0.1, 0.15) is 20.8 Å². The minimum Gasteiger partial charge on any atom is -0.130 e. The molecule has 0 spiro atoms. The van der Waals surface area contributed by atoms with Crippen LogP contribution in [0.4, 0.5) is 0 Å². The van der Waals surface area contributed by atoms with Crippen LogP contribution in [0, 0.1) is 0 Å². The van der Waals surface area contributed by atoms with Crippen LogP contribution in [-0.4, -0.2) is 20.5 Å². The summed E-state index contributed by atoms with van der Waals surface area (Å²) in [6, 6.07) is 0. The molecular formula is C7H18AlCl. The third kappa shape index (κ3) is 8.82. The van der Waals surface area contributed by atoms with Gasteiger partial charge in [-0.3, -0.25) is 0 Å². The molecule has 0 nitrogen and oxygen atoms in total. The fourth-order valence-corrected chi connectivity index (χ4v) is 2.60. The molecule has 0 saturated carbocycles. The van der Waals surface area contributed by atoms with E-state index in [0.717, 1.165) is 0 Å². The number of rotatable bonds is 3. The highest BCUT2D eigenvalue weighted by atomic mass is 35.5. The number of hydrogen-bond donors (Lipinski definition) is 0. The molecular weight excluding hydrogens is 147 g/mol. The predicted octanol–water partition coefficient (Wildman–Crippen LogP) is 3.40. The standard InChI is InChI=1S/3C2H5.CH3Cl.Al/c4*1-2;/h3*1H2,2H3;1H3;. The van der Waals surface area contributed by atoms with Gasteiger partial charge in [0.05, 0.1) is 0 Å². The van der Waals surface area contributed by atoms with Gasteiger partial charge < -0.3 is 0 Å². The average molecular weight is 165 g/mol. The van der Waals surface area contributed by atoms with Crippen molar-refractivity contribution < 1.29 is 0 Å². The van der Waals surface area contributed by atoms with Gasteiger partial charge in [-0.1, -0.05) is 36.6 Å². The topological polar surface area (TPSA) is 0 Å². The van der Waals surface area contributed by atoms with E-state index in [2.05, 4.69) is 32.4 Å². The van der Waals surface area contributed by atoms with E-state index < -0.39 is 0 Å². The van der Waals surface area contributed by atoms with Gasteiger partial charge in [0.15, 0.2) is 0 Å². The summed E-state index contributed by atoms with van der Waals surface area (Å²) in [6.07, 6.45) is 1.47. The van der Waals surface area contributed by atoms with E-state index in [9.17, 15) is 0 Å². The van der Waals surface area contributed by atoms with Gasteiger partial charge in [0.1, 0.15) is 0 Å². The maximum absolute atomic E-state index is 4.64. The van der Waals surface area contributed by atoms with Crippen molar-refractivity contribution in [1.29, 1.82) is 0 Å². The van der Waals surface area contributed by atoms with Crippen molar-refractivity contribution >= 4 is 25.7 Å². The van der Waals surface area contributed by atoms with Crippen molar-refractivity contribution in [2.75, 3.05) is 6.38 Å². The molecule has 0 fully saturated rings. The Morgan fingerprint density at radius 2 is 1.11 bits per heavy atom. The van der Waals surface area contributed by atoms with E-state index in [1.54, 1.807) is 0 Å². The Morgan fingerprint density at radius 1 is 0.889 bits per heavy atom. The summed E-state index contributed by atoms with van der Waals surface area (Å²) in [7, 11) is 0. The lowest BCUT2D eigenvalue weighted by molar-refractivity contribution is 1.24. The number of alkyl halides is 1. The Kier molecular flexibility index (Phi) is 16.1. The molecule has 0 aromatic rings. The van der Waals surface area contributed by atoms with Crippen molar-refractivity contribution in [3.63, 3.8) is 0 Å². The molecule has 0 heterocycles. The summed E-state index contributed by atoms with van der Waals surface area (Å²) in [4.78, 5) is 0. The lowest BCUT2D eigenvalue weighted by Crippen LogP contribution is -2.04. The Labute approximate surface area is 69.0 Å². The Balaban J connectivity index is 0. The fraction of sp³-hybridized carbons (Fsp3) is 1.00. The summed E-state index contributed by atoms with van der Waals surface area (Å²) in [5, 5.41) is 4.48. The molecule has 0 aliphatic heterocycles. The van der Waals surface area contributed by atoms with E-state index in [0.29, 0.717) is 0 Å². The van der Waals surface area contributed by atoms with E-state index in [1.165, 1.54) is 22.2 Å². The zero-order chi connectivity index (χ0) is 7.70. The first kappa shape index (κ1) is 12.5. The Morgan fingerprint density at radius 3 is 1.11 bits per heavy atom. The van der Waals surface area contributed by atoms with Gasteiger partial charge in [-0.2, -0.15) is 0 Å². The highest BCUT2D eigenvalue weighted by Crippen LogP contribution is 2.01. The lowest BCUT2D eigenvalue weighted by atomic mass is 10.9. The fourth-order valence-electron chi connectivity index (χ4n) is 0.866. The van der Waals surface area contributed by atoms with Crippen molar-refractivity contribution in [2.24, 2.45) is 0 Å². The molecule has 0 saturated heterocycles. The van der Waals surface area contributed by atoms with E-state index in [-0.39, 0.29) is 14.1 Å². The van der Waals surface area contributed by atoms with Crippen LogP contribution in [0.15, 0.2) is 0 Å². The predicted molar refractivity (Wildman–Crippen MR) is 49.0 cm³/mol. The van der Waals surface area contributed by atoms with Crippen molar-refractivity contribution in [1.82, 2.24) is 0 Å². The van der Waals surface area contributed by atoms with Crippen molar-refractivity contribution in [3.05, 3.63) is 0 Å². The number of hydrogen-bond acceptors (Lipinski definition) is 0. The van der Waals surface area contributed by atoms with E-state index in [1.807, 2.05) is 0 Å². The average Bonchev–Trinajstić information content (AvgIpc) is 1.96. The molecule has 9 heavy (non-hydrogen) atoms. The molecule has 0 atom stereocenters. The number of halogens is 1. The summed E-state index contributed by atoms with van der Waals surface area (Å²) >= 11 is 4.47. The highest BCUT2D eigenvalue weighted by molar-refractivity contribution is 6.58. The van der Waals surface area contributed by atoms with Crippen LogP contribution < -0.4 is 0 Å². The summed E-state index contributed by atoms with van der Waals surface area (Å²) in [5.74, 6) is 0. The van der Waals surface area contributed by atoms with Gasteiger partial charge in [-0.25, -0.2) is 0 Å². The SMILES string of the molecule is CCl.C[CH2][Al]([CH2]C)[CH2]C. The van der Waals surface area contributed by atoms with Crippen LogP contribution in [0.5, 0.6) is 0 Å². The van der Waals surface area contributed by atoms with Crippen LogP contribution in [0.3, 0.4) is 0 Å². The quantitative estimate of drug-likeness (QED) is 0.443. The van der Waals surface area contributed by atoms with Gasteiger partial charge in [-0.05, 0) is 0 Å². The second-order valence-corrected chi connectivity index (χ2v) is 6.27. The van der Waals surface area contributed by atoms with Crippen LogP contribution in [0.2, 0.25) is 15.8 Å². The minimum absolute atomic E-state index is 0.171. The normalized spacial score (nSPS) is 7.67. The molecule has 56 valence electrons. The van der Waals surface area contributed by atoms with Gasteiger partial charge >= 0.3 is 0 Å². The third-order valence-electron chi connectivity index (χ3n) is 1.73. The minimum atomic E-state index is -0.171. The largest absolute Gasteiger partial charge is 0.261 e. The monoisotopic (exact) mass is 164 g/mol. The van der Waals surface area contributed by atoms with Crippen LogP contribution in [0.25, 0.3) is 0 Å². The molecule has 0 unspecified atom stereocenters. The van der Waals surface area contributed by atoms with Crippen LogP contribution in [-0.2, 0) is 0 Å². The molecule has 2 heteroatoms. The van der Waals surface area contributed by atoms with Gasteiger partial charge in [0, 0.05) is 6.38 Å². The molecule has 0 amide bonds. The molecule has 0 aromatic carbocycles. The third-order valence-corrected chi connectivity index (χ3v) is 5.20. The van der Waals surface area contributed by atoms with Crippen LogP contribution >= 0.6 is 11.6 Å². The molecule has 0 N–H and O–H groups in total. The summed E-state index contributed by atoms with van der Waals surface area (Å²) in [6.45, 7) is 6.97. The molecule has 0 aliphatic carbocycles. The summed E-state index contributed by atoms with van der Waals surface area (Å²) < 4.78 is 0. The van der Waals surface area contributed by atoms with Gasteiger partial charge in [-0.15, -0.1) is 11.6 Å². The Hall–Kier alpha value is 0.822. The lowest BCUT2D eigenvalue weighted by Gasteiger charge is -1.97. The Bertz CT molecular complexity index is 30.4. The van der Waals surface area contributed by atoms with Gasteiger partial charge in [0.25, 0.3) is 14.1 Å². The molecule has 0 bridgehead atoms. The second-order valence-electron chi connectivity index (χ2n) is 2.09. The maximum atomic E-state index is 4.64. The summed E-state index contributed by atoms with van der Waals surface area (Å²) in [5.41, 5.74) is 0. The molecule has 0 radical (unpaired) electrons. The van der Waals surface area contributed by atoms with Gasteiger partial charge in [0.2, 0.25) is 0 Å². The smallest absolute Gasteiger partial charge is 0.130 e. The first-order valence-corrected chi connectivity index (χ1v) is 6.93. The zero-order valence-corrected chi connectivity index (χ0v) is 8.99. The van der Waals surface area contributed by atoms with E-state index in [4.69, 9.17) is 0 Å². The molecule has 0 aromatic heterocycles. The van der Waals surface area contributed by atoms with Crippen molar-refractivity contribution in [3.8, 4) is 0 Å². The second kappa shape index (κ2) is 11.6.